The number of nitrogens with two attached hydrogens (primary N) is 1. The first-order chi connectivity index (χ1) is 18.1. The Balaban J connectivity index is 1.24. The maximum atomic E-state index is 12.9. The lowest BCUT2D eigenvalue weighted by Crippen LogP contribution is -2.52. The van der Waals surface area contributed by atoms with Gasteiger partial charge in [-0.25, -0.2) is 4.98 Å². The fraction of sp³-hybridized carbons (Fsp3) is 0.346. The highest BCUT2D eigenvalue weighted by Crippen LogP contribution is 2.34. The summed E-state index contributed by atoms with van der Waals surface area (Å²) in [6, 6.07) is 10.4. The van der Waals surface area contributed by atoms with E-state index in [-0.39, 0.29) is 42.2 Å². The van der Waals surface area contributed by atoms with Gasteiger partial charge >= 0.3 is 6.36 Å². The van der Waals surface area contributed by atoms with Gasteiger partial charge in [0.25, 0.3) is 5.91 Å². The van der Waals surface area contributed by atoms with Crippen LogP contribution in [0, 0.1) is 5.92 Å². The van der Waals surface area contributed by atoms with E-state index in [0.717, 1.165) is 5.56 Å². The molecule has 12 heteroatoms. The molecule has 2 aromatic carbocycles. The molecule has 5 rings (SSSR count). The van der Waals surface area contributed by atoms with Gasteiger partial charge in [-0.15, -0.1) is 13.2 Å². The largest absolute Gasteiger partial charge is 0.573 e. The van der Waals surface area contributed by atoms with Gasteiger partial charge in [0.05, 0.1) is 37.2 Å². The Morgan fingerprint density at radius 1 is 1.16 bits per heavy atom. The predicted octanol–water partition coefficient (Wildman–Crippen LogP) is 2.93. The summed E-state index contributed by atoms with van der Waals surface area (Å²) in [5, 5.41) is 0. The van der Waals surface area contributed by atoms with Gasteiger partial charge < -0.3 is 29.4 Å². The van der Waals surface area contributed by atoms with Crippen LogP contribution in [-0.2, 0) is 23.0 Å². The van der Waals surface area contributed by atoms with Crippen LogP contribution in [-0.4, -0.2) is 64.5 Å². The topological polar surface area (TPSA) is 109 Å². The standard InChI is InChI=1S/C26H25F3N4O5/c1-32-11-20(31-14-32)16-4-7-21(19(9-16)25(30)35)37-24-17-10-33(12-22(24)36-13-17)23(34)8-15-2-5-18(6-3-15)38-26(27,28)29/h2-7,9,11,14,17,22,24H,8,10,12-13H2,1H3,(H2,30,35)/t17-,22-,24?/m0/s1. The maximum Gasteiger partial charge on any atom is 0.573 e. The SMILES string of the molecule is Cn1cnc(-c2ccc(OC3[C@@H]4CO[C@H]3CN(C(=O)Cc3ccc(OC(F)(F)F)cc3)C4)c(C(N)=O)c2)c1. The van der Waals surface area contributed by atoms with Gasteiger partial charge in [0.15, 0.2) is 0 Å². The molecule has 3 atom stereocenters. The minimum absolute atomic E-state index is 0.0259. The summed E-state index contributed by atoms with van der Waals surface area (Å²) in [5.41, 5.74) is 7.85. The molecule has 1 unspecified atom stereocenters. The number of halogens is 3. The molecule has 2 fully saturated rings. The van der Waals surface area contributed by atoms with Crippen molar-refractivity contribution < 1.29 is 37.0 Å². The third kappa shape index (κ3) is 5.59. The van der Waals surface area contributed by atoms with Gasteiger partial charge in [0.1, 0.15) is 23.7 Å². The van der Waals surface area contributed by atoms with Crippen molar-refractivity contribution in [1.29, 1.82) is 0 Å². The van der Waals surface area contributed by atoms with Crippen LogP contribution in [0.3, 0.4) is 0 Å². The van der Waals surface area contributed by atoms with E-state index in [0.29, 0.717) is 30.2 Å². The number of likely N-dealkylation sites (tertiary alicyclic amines) is 1. The van der Waals surface area contributed by atoms with E-state index >= 15 is 0 Å². The number of benzene rings is 2. The molecule has 200 valence electrons. The van der Waals surface area contributed by atoms with Crippen LogP contribution in [0.5, 0.6) is 11.5 Å². The van der Waals surface area contributed by atoms with Crippen molar-refractivity contribution >= 4 is 11.8 Å². The van der Waals surface area contributed by atoms with Crippen molar-refractivity contribution in [3.8, 4) is 22.8 Å². The number of carbonyl (C=O) groups is 2. The third-order valence-corrected chi connectivity index (χ3v) is 6.58. The van der Waals surface area contributed by atoms with Gasteiger partial charge in [-0.05, 0) is 35.9 Å². The molecule has 1 aromatic heterocycles. The van der Waals surface area contributed by atoms with E-state index in [9.17, 15) is 22.8 Å². The van der Waals surface area contributed by atoms with E-state index < -0.39 is 18.4 Å². The minimum Gasteiger partial charge on any atom is -0.486 e. The van der Waals surface area contributed by atoms with Crippen molar-refractivity contribution in [3.63, 3.8) is 0 Å². The number of hydrogen-bond acceptors (Lipinski definition) is 6. The van der Waals surface area contributed by atoms with Crippen molar-refractivity contribution in [1.82, 2.24) is 14.5 Å². The Hall–Kier alpha value is -4.06. The molecule has 2 bridgehead atoms. The number of amides is 2. The molecule has 0 aliphatic carbocycles. The van der Waals surface area contributed by atoms with Crippen LogP contribution in [0.25, 0.3) is 11.3 Å². The Morgan fingerprint density at radius 2 is 1.92 bits per heavy atom. The molecule has 38 heavy (non-hydrogen) atoms. The van der Waals surface area contributed by atoms with Crippen molar-refractivity contribution in [2.75, 3.05) is 19.7 Å². The zero-order chi connectivity index (χ0) is 27.0. The minimum atomic E-state index is -4.78. The van der Waals surface area contributed by atoms with Gasteiger partial charge in [-0.1, -0.05) is 12.1 Å². The average Bonchev–Trinajstić information content (AvgIpc) is 3.38. The smallest absolute Gasteiger partial charge is 0.486 e. The number of piperidine rings is 1. The monoisotopic (exact) mass is 530 g/mol. The van der Waals surface area contributed by atoms with Gasteiger partial charge in [-0.2, -0.15) is 0 Å². The first-order valence-corrected chi connectivity index (χ1v) is 11.9. The molecule has 2 saturated heterocycles. The van der Waals surface area contributed by atoms with Gasteiger partial charge in [-0.3, -0.25) is 9.59 Å². The van der Waals surface area contributed by atoms with E-state index in [1.807, 2.05) is 13.2 Å². The number of nitrogens with zero attached hydrogens (tertiary/aromatic N) is 3. The fourth-order valence-corrected chi connectivity index (χ4v) is 4.79. The van der Waals surface area contributed by atoms with Crippen LogP contribution >= 0.6 is 0 Å². The van der Waals surface area contributed by atoms with E-state index in [4.69, 9.17) is 15.2 Å². The fourth-order valence-electron chi connectivity index (χ4n) is 4.79. The number of imidazole rings is 1. The first kappa shape index (κ1) is 25.6. The molecule has 3 aromatic rings. The number of hydrogen-bond donors (Lipinski definition) is 1. The number of carbonyl (C=O) groups excluding carboxylic acids is 2. The van der Waals surface area contributed by atoms with E-state index in [1.165, 1.54) is 24.3 Å². The lowest BCUT2D eigenvalue weighted by Gasteiger charge is -2.36. The van der Waals surface area contributed by atoms with Crippen LogP contribution in [0.15, 0.2) is 55.0 Å². The molecule has 0 saturated carbocycles. The molecule has 3 heterocycles. The Kier molecular flexibility index (Phi) is 6.74. The Morgan fingerprint density at radius 3 is 2.55 bits per heavy atom. The zero-order valence-electron chi connectivity index (χ0n) is 20.4. The maximum absolute atomic E-state index is 12.9. The molecule has 0 radical (unpaired) electrons. The third-order valence-electron chi connectivity index (χ3n) is 6.58. The second-order valence-electron chi connectivity index (χ2n) is 9.38. The second-order valence-corrected chi connectivity index (χ2v) is 9.38. The highest BCUT2D eigenvalue weighted by molar-refractivity contribution is 5.97. The molecule has 9 nitrogen and oxygen atoms in total. The van der Waals surface area contributed by atoms with E-state index in [2.05, 4.69) is 9.72 Å². The molecule has 2 amide bonds. The lowest BCUT2D eigenvalue weighted by atomic mass is 9.95. The molecule has 2 aliphatic heterocycles. The highest BCUT2D eigenvalue weighted by Gasteiger charge is 2.46. The summed E-state index contributed by atoms with van der Waals surface area (Å²) in [6.45, 7) is 1.06. The normalized spacial score (nSPS) is 20.8. The summed E-state index contributed by atoms with van der Waals surface area (Å²) in [7, 11) is 1.85. The van der Waals surface area contributed by atoms with Crippen LogP contribution in [0.2, 0.25) is 0 Å². The van der Waals surface area contributed by atoms with Crippen LogP contribution in [0.4, 0.5) is 13.2 Å². The van der Waals surface area contributed by atoms with Gasteiger partial charge in [0.2, 0.25) is 5.91 Å². The summed E-state index contributed by atoms with van der Waals surface area (Å²) in [4.78, 5) is 31.1. The van der Waals surface area contributed by atoms with Crippen molar-refractivity contribution in [3.05, 3.63) is 66.1 Å². The average molecular weight is 531 g/mol. The molecular weight excluding hydrogens is 505 g/mol. The number of aryl methyl sites for hydroxylation is 1. The lowest BCUT2D eigenvalue weighted by molar-refractivity contribution is -0.274. The summed E-state index contributed by atoms with van der Waals surface area (Å²) in [6.07, 6.45) is -2.05. The van der Waals surface area contributed by atoms with Crippen molar-refractivity contribution in [2.24, 2.45) is 18.7 Å². The van der Waals surface area contributed by atoms with Gasteiger partial charge in [0, 0.05) is 31.3 Å². The van der Waals surface area contributed by atoms with Crippen LogP contribution in [0.1, 0.15) is 15.9 Å². The number of aromatic nitrogens is 2. The highest BCUT2D eigenvalue weighted by atomic mass is 19.4. The molecule has 2 N–H and O–H groups in total. The summed E-state index contributed by atoms with van der Waals surface area (Å²) >= 11 is 0. The van der Waals surface area contributed by atoms with Crippen LogP contribution < -0.4 is 15.2 Å². The predicted molar refractivity (Wildman–Crippen MR) is 128 cm³/mol. The summed E-state index contributed by atoms with van der Waals surface area (Å²) in [5.74, 6) is -0.946. The first-order valence-electron chi connectivity index (χ1n) is 11.9. The number of primary amides is 1. The molecule has 0 spiro atoms. The van der Waals surface area contributed by atoms with Crippen molar-refractivity contribution in [2.45, 2.75) is 25.0 Å². The Bertz CT molecular complexity index is 1330. The number of fused-ring (bicyclic) bond motifs is 2. The quantitative estimate of drug-likeness (QED) is 0.503. The second kappa shape index (κ2) is 10.0. The number of rotatable bonds is 7. The molecule has 2 aliphatic rings. The van der Waals surface area contributed by atoms with E-state index in [1.54, 1.807) is 34.0 Å². The number of alkyl halides is 3. The zero-order valence-corrected chi connectivity index (χ0v) is 20.4. The molecular formula is C26H25F3N4O5. The summed E-state index contributed by atoms with van der Waals surface area (Å²) < 4.78 is 54.9. The number of ether oxygens (including phenoxy) is 3. The Labute approximate surface area is 215 Å².